The van der Waals surface area contributed by atoms with Gasteiger partial charge in [0.2, 0.25) is 5.91 Å². The van der Waals surface area contributed by atoms with Crippen molar-refractivity contribution in [2.24, 2.45) is 0 Å². The number of hydrogen-bond donors (Lipinski definition) is 1. The summed E-state index contributed by atoms with van der Waals surface area (Å²) in [6.07, 6.45) is 3.20. The predicted octanol–water partition coefficient (Wildman–Crippen LogP) is 3.03. The van der Waals surface area contributed by atoms with Crippen LogP contribution < -0.4 is 14.8 Å². The lowest BCUT2D eigenvalue weighted by Gasteiger charge is -2.24. The molecule has 0 saturated heterocycles. The van der Waals surface area contributed by atoms with Crippen LogP contribution in [0.25, 0.3) is 6.08 Å². The Hall–Kier alpha value is -3.30. The lowest BCUT2D eigenvalue weighted by atomic mass is 10.1. The van der Waals surface area contributed by atoms with E-state index in [-0.39, 0.29) is 18.6 Å². The van der Waals surface area contributed by atoms with Gasteiger partial charge in [-0.25, -0.2) is 0 Å². The Morgan fingerprint density at radius 2 is 1.96 bits per heavy atom. The summed E-state index contributed by atoms with van der Waals surface area (Å²) in [4.78, 5) is 14.3. The minimum absolute atomic E-state index is 0.0532. The fourth-order valence-electron chi connectivity index (χ4n) is 2.72. The lowest BCUT2D eigenvalue weighted by molar-refractivity contribution is -0.116. The van der Waals surface area contributed by atoms with Crippen LogP contribution in [0.3, 0.4) is 0 Å². The number of benzene rings is 2. The third kappa shape index (κ3) is 6.15. The Morgan fingerprint density at radius 3 is 2.61 bits per heavy atom. The monoisotopic (exact) mass is 379 g/mol. The van der Waals surface area contributed by atoms with E-state index in [4.69, 9.17) is 14.7 Å². The van der Waals surface area contributed by atoms with Gasteiger partial charge in [0.25, 0.3) is 0 Å². The van der Waals surface area contributed by atoms with Crippen molar-refractivity contribution in [1.29, 1.82) is 5.26 Å². The summed E-state index contributed by atoms with van der Waals surface area (Å²) in [5, 5.41) is 11.6. The van der Waals surface area contributed by atoms with Crippen LogP contribution in [0.2, 0.25) is 0 Å². The van der Waals surface area contributed by atoms with Crippen LogP contribution in [0.4, 0.5) is 0 Å². The molecule has 2 aromatic carbocycles. The highest BCUT2D eigenvalue weighted by molar-refractivity contribution is 5.91. The van der Waals surface area contributed by atoms with Gasteiger partial charge in [-0.15, -0.1) is 0 Å². The maximum absolute atomic E-state index is 12.2. The van der Waals surface area contributed by atoms with Crippen LogP contribution in [-0.4, -0.2) is 45.2 Å². The molecule has 0 radical (unpaired) electrons. The van der Waals surface area contributed by atoms with E-state index in [1.165, 1.54) is 13.2 Å². The summed E-state index contributed by atoms with van der Waals surface area (Å²) >= 11 is 0. The number of ether oxygens (including phenoxy) is 2. The summed E-state index contributed by atoms with van der Waals surface area (Å²) in [5.41, 5.74) is 1.94. The second-order valence-electron chi connectivity index (χ2n) is 6.33. The number of rotatable bonds is 9. The SMILES string of the molecule is COc1cc(/C=C/C(=O)NCC(c2ccccc2)N(C)C)ccc1OCC#N. The first-order valence-electron chi connectivity index (χ1n) is 8.90. The second-order valence-corrected chi connectivity index (χ2v) is 6.33. The molecular formula is C22H25N3O3. The Morgan fingerprint density at radius 1 is 1.21 bits per heavy atom. The Balaban J connectivity index is 1.98. The van der Waals surface area contributed by atoms with Crippen molar-refractivity contribution in [2.45, 2.75) is 6.04 Å². The van der Waals surface area contributed by atoms with E-state index < -0.39 is 0 Å². The molecule has 1 amide bonds. The molecule has 6 heteroatoms. The van der Waals surface area contributed by atoms with Crippen molar-refractivity contribution >= 4 is 12.0 Å². The van der Waals surface area contributed by atoms with E-state index in [1.807, 2.05) is 38.4 Å². The first-order chi connectivity index (χ1) is 13.5. The molecular weight excluding hydrogens is 354 g/mol. The molecule has 0 spiro atoms. The Labute approximate surface area is 166 Å². The lowest BCUT2D eigenvalue weighted by Crippen LogP contribution is -2.33. The molecule has 1 N–H and O–H groups in total. The van der Waals surface area contributed by atoms with Crippen LogP contribution in [-0.2, 0) is 4.79 Å². The van der Waals surface area contributed by atoms with Gasteiger partial charge in [-0.1, -0.05) is 36.4 Å². The summed E-state index contributed by atoms with van der Waals surface area (Å²) in [6.45, 7) is 0.451. The van der Waals surface area contributed by atoms with Crippen molar-refractivity contribution in [1.82, 2.24) is 10.2 Å². The first kappa shape index (κ1) is 21.0. The van der Waals surface area contributed by atoms with Crippen LogP contribution in [0.5, 0.6) is 11.5 Å². The van der Waals surface area contributed by atoms with Gasteiger partial charge < -0.3 is 19.7 Å². The molecule has 0 aliphatic heterocycles. The van der Waals surface area contributed by atoms with E-state index in [0.717, 1.165) is 11.1 Å². The number of hydrogen-bond acceptors (Lipinski definition) is 5. The minimum atomic E-state index is -0.174. The average Bonchev–Trinajstić information content (AvgIpc) is 2.71. The number of nitrogens with one attached hydrogen (secondary N) is 1. The third-order valence-electron chi connectivity index (χ3n) is 4.18. The maximum atomic E-state index is 12.2. The zero-order valence-electron chi connectivity index (χ0n) is 16.4. The molecule has 0 saturated carbocycles. The second kappa shape index (κ2) is 10.8. The largest absolute Gasteiger partial charge is 0.493 e. The molecule has 146 valence electrons. The van der Waals surface area contributed by atoms with E-state index >= 15 is 0 Å². The number of methoxy groups -OCH3 is 1. The van der Waals surface area contributed by atoms with E-state index in [2.05, 4.69) is 22.3 Å². The van der Waals surface area contributed by atoms with Crippen molar-refractivity contribution in [2.75, 3.05) is 34.4 Å². The highest BCUT2D eigenvalue weighted by Gasteiger charge is 2.14. The van der Waals surface area contributed by atoms with Gasteiger partial charge in [0, 0.05) is 12.6 Å². The van der Waals surface area contributed by atoms with Gasteiger partial charge in [-0.05, 0) is 43.4 Å². The summed E-state index contributed by atoms with van der Waals surface area (Å²) in [7, 11) is 5.50. The van der Waals surface area contributed by atoms with Gasteiger partial charge in [-0.3, -0.25) is 4.79 Å². The molecule has 0 aliphatic rings. The molecule has 1 unspecified atom stereocenters. The number of likely N-dealkylation sites (N-methyl/N-ethyl adjacent to an activating group) is 1. The molecule has 0 aliphatic carbocycles. The highest BCUT2D eigenvalue weighted by Crippen LogP contribution is 2.28. The maximum Gasteiger partial charge on any atom is 0.244 e. The molecule has 2 aromatic rings. The van der Waals surface area contributed by atoms with Crippen molar-refractivity contribution in [3.8, 4) is 17.6 Å². The molecule has 1 atom stereocenters. The van der Waals surface area contributed by atoms with E-state index in [0.29, 0.717) is 18.0 Å². The summed E-state index contributed by atoms with van der Waals surface area (Å²) in [5.74, 6) is 0.823. The first-order valence-corrected chi connectivity index (χ1v) is 8.90. The molecule has 28 heavy (non-hydrogen) atoms. The standard InChI is InChI=1S/C22H25N3O3/c1-25(2)19(18-7-5-4-6-8-18)16-24-22(26)12-10-17-9-11-20(28-14-13-23)21(15-17)27-3/h4-12,15,19H,14,16H2,1-3H3,(H,24,26)/b12-10+. The van der Waals surface area contributed by atoms with Crippen LogP contribution >= 0.6 is 0 Å². The Kier molecular flexibility index (Phi) is 8.07. The van der Waals surface area contributed by atoms with Crippen LogP contribution in [0.1, 0.15) is 17.2 Å². The normalized spacial score (nSPS) is 11.8. The minimum Gasteiger partial charge on any atom is -0.493 e. The fraction of sp³-hybridized carbons (Fsp3) is 0.273. The zero-order valence-corrected chi connectivity index (χ0v) is 16.4. The molecule has 0 aromatic heterocycles. The van der Waals surface area contributed by atoms with Gasteiger partial charge >= 0.3 is 0 Å². The number of carbonyl (C=O) groups is 1. The van der Waals surface area contributed by atoms with Crippen molar-refractivity contribution in [3.63, 3.8) is 0 Å². The fourth-order valence-corrected chi connectivity index (χ4v) is 2.72. The van der Waals surface area contributed by atoms with Gasteiger partial charge in [0.1, 0.15) is 6.07 Å². The summed E-state index contributed by atoms with van der Waals surface area (Å²) < 4.78 is 10.6. The number of nitriles is 1. The summed E-state index contributed by atoms with van der Waals surface area (Å²) in [6, 6.07) is 17.3. The average molecular weight is 379 g/mol. The third-order valence-corrected chi connectivity index (χ3v) is 4.18. The van der Waals surface area contributed by atoms with Gasteiger partial charge in [0.05, 0.1) is 13.2 Å². The number of amides is 1. The quantitative estimate of drug-likeness (QED) is 0.678. The molecule has 6 nitrogen and oxygen atoms in total. The molecule has 0 heterocycles. The van der Waals surface area contributed by atoms with E-state index in [9.17, 15) is 4.79 Å². The molecule has 2 rings (SSSR count). The smallest absolute Gasteiger partial charge is 0.244 e. The molecule has 0 fully saturated rings. The topological polar surface area (TPSA) is 74.6 Å². The van der Waals surface area contributed by atoms with Crippen molar-refractivity contribution < 1.29 is 14.3 Å². The van der Waals surface area contributed by atoms with Crippen LogP contribution in [0.15, 0.2) is 54.6 Å². The van der Waals surface area contributed by atoms with E-state index in [1.54, 1.807) is 24.3 Å². The van der Waals surface area contributed by atoms with Crippen molar-refractivity contribution in [3.05, 3.63) is 65.7 Å². The predicted molar refractivity (Wildman–Crippen MR) is 109 cm³/mol. The van der Waals surface area contributed by atoms with Gasteiger partial charge in [0.15, 0.2) is 18.1 Å². The zero-order chi connectivity index (χ0) is 20.4. The highest BCUT2D eigenvalue weighted by atomic mass is 16.5. The molecule has 0 bridgehead atoms. The van der Waals surface area contributed by atoms with Gasteiger partial charge in [-0.2, -0.15) is 5.26 Å². The van der Waals surface area contributed by atoms with Crippen LogP contribution in [0, 0.1) is 11.3 Å². The number of carbonyl (C=O) groups excluding carboxylic acids is 1. The Bertz CT molecular complexity index is 842. The number of nitrogens with zero attached hydrogens (tertiary/aromatic N) is 2.